The lowest BCUT2D eigenvalue weighted by Gasteiger charge is -2.38. The van der Waals surface area contributed by atoms with Crippen LogP contribution in [0.25, 0.3) is 0 Å². The maximum absolute atomic E-state index is 13.5. The fourth-order valence-electron chi connectivity index (χ4n) is 6.85. The Bertz CT molecular complexity index is 1680. The molecule has 0 saturated carbocycles. The Labute approximate surface area is 268 Å². The number of nitrogens with zero attached hydrogens (tertiary/aromatic N) is 1. The van der Waals surface area contributed by atoms with Gasteiger partial charge in [0.2, 0.25) is 0 Å². The first-order chi connectivity index (χ1) is 21.9. The van der Waals surface area contributed by atoms with Crippen LogP contribution in [-0.2, 0) is 10.3 Å². The SMILES string of the molecule is CCCCCCCN(CCCCC)c1ccc2c(c1)Oc1cc(C)c(Nc3cccc(C)c3)cc1C21OC(=O)c2ccccc21. The van der Waals surface area contributed by atoms with Crippen molar-refractivity contribution in [1.82, 2.24) is 0 Å². The second kappa shape index (κ2) is 13.4. The molecule has 0 saturated heterocycles. The summed E-state index contributed by atoms with van der Waals surface area (Å²) >= 11 is 0. The monoisotopic (exact) mass is 602 g/mol. The molecule has 0 fully saturated rings. The molecule has 2 aliphatic heterocycles. The fourth-order valence-corrected chi connectivity index (χ4v) is 6.85. The van der Waals surface area contributed by atoms with Crippen LogP contribution in [0, 0.1) is 13.8 Å². The molecule has 0 amide bonds. The van der Waals surface area contributed by atoms with Crippen molar-refractivity contribution in [3.8, 4) is 11.5 Å². The zero-order valence-electron chi connectivity index (χ0n) is 27.2. The van der Waals surface area contributed by atoms with Crippen LogP contribution in [0.4, 0.5) is 17.1 Å². The standard InChI is InChI=1S/C40H46N2O3/c1-5-7-9-10-14-23-42(22-13-8-6-2)31-20-21-34-38(26-31)44-37-25-29(4)36(41-30-17-15-16-28(3)24-30)27-35(37)40(34)33-19-12-11-18-32(33)39(43)45-40/h11-12,15-21,24-27,41H,5-10,13-14,22-23H2,1-4H3. The quantitative estimate of drug-likeness (QED) is 0.122. The lowest BCUT2D eigenvalue weighted by Crippen LogP contribution is -2.33. The van der Waals surface area contributed by atoms with E-state index in [9.17, 15) is 4.79 Å². The summed E-state index contributed by atoms with van der Waals surface area (Å²) in [4.78, 5) is 16.0. The highest BCUT2D eigenvalue weighted by Crippen LogP contribution is 2.57. The molecule has 45 heavy (non-hydrogen) atoms. The molecule has 0 aromatic heterocycles. The number of nitrogens with one attached hydrogen (secondary N) is 1. The van der Waals surface area contributed by atoms with Gasteiger partial charge < -0.3 is 19.7 Å². The van der Waals surface area contributed by atoms with Crippen molar-refractivity contribution in [3.63, 3.8) is 0 Å². The van der Waals surface area contributed by atoms with E-state index in [1.807, 2.05) is 24.3 Å². The van der Waals surface area contributed by atoms with E-state index in [2.05, 4.69) is 92.5 Å². The van der Waals surface area contributed by atoms with Crippen molar-refractivity contribution in [3.05, 3.63) is 112 Å². The van der Waals surface area contributed by atoms with E-state index >= 15 is 0 Å². The molecule has 1 N–H and O–H groups in total. The highest BCUT2D eigenvalue weighted by Gasteiger charge is 2.53. The van der Waals surface area contributed by atoms with Gasteiger partial charge in [-0.15, -0.1) is 0 Å². The molecule has 0 radical (unpaired) electrons. The number of hydrogen-bond donors (Lipinski definition) is 1. The van der Waals surface area contributed by atoms with Crippen LogP contribution < -0.4 is 15.0 Å². The number of fused-ring (bicyclic) bond motifs is 6. The maximum atomic E-state index is 13.5. The predicted octanol–water partition coefficient (Wildman–Crippen LogP) is 10.6. The van der Waals surface area contributed by atoms with E-state index in [0.717, 1.165) is 64.6 Å². The first-order valence-corrected chi connectivity index (χ1v) is 16.8. The molecule has 5 heteroatoms. The average Bonchev–Trinajstić information content (AvgIpc) is 3.33. The second-order valence-corrected chi connectivity index (χ2v) is 12.7. The van der Waals surface area contributed by atoms with Crippen LogP contribution in [-0.4, -0.2) is 19.1 Å². The van der Waals surface area contributed by atoms with Gasteiger partial charge in [-0.2, -0.15) is 0 Å². The Morgan fingerprint density at radius 2 is 1.44 bits per heavy atom. The molecule has 6 rings (SSSR count). The molecule has 4 aromatic rings. The lowest BCUT2D eigenvalue weighted by molar-refractivity contribution is 0.0224. The molecule has 4 aromatic carbocycles. The minimum absolute atomic E-state index is 0.310. The van der Waals surface area contributed by atoms with Crippen molar-refractivity contribution in [2.45, 2.75) is 84.7 Å². The number of anilines is 3. The summed E-state index contributed by atoms with van der Waals surface area (Å²) in [5.74, 6) is 1.15. The highest BCUT2D eigenvalue weighted by molar-refractivity contribution is 5.97. The second-order valence-electron chi connectivity index (χ2n) is 12.7. The van der Waals surface area contributed by atoms with Crippen molar-refractivity contribution < 1.29 is 14.3 Å². The third-order valence-corrected chi connectivity index (χ3v) is 9.27. The number of rotatable bonds is 13. The Morgan fingerprint density at radius 3 is 2.24 bits per heavy atom. The molecule has 2 aliphatic rings. The number of aryl methyl sites for hydroxylation is 2. The number of hydrogen-bond acceptors (Lipinski definition) is 5. The normalized spacial score (nSPS) is 16.0. The maximum Gasteiger partial charge on any atom is 0.340 e. The topological polar surface area (TPSA) is 50.8 Å². The van der Waals surface area contributed by atoms with Gasteiger partial charge in [-0.05, 0) is 80.3 Å². The lowest BCUT2D eigenvalue weighted by atomic mass is 9.77. The largest absolute Gasteiger partial charge is 0.456 e. The number of benzene rings is 4. The van der Waals surface area contributed by atoms with Crippen LogP contribution in [0.5, 0.6) is 11.5 Å². The van der Waals surface area contributed by atoms with Gasteiger partial charge in [0.15, 0.2) is 5.60 Å². The summed E-state index contributed by atoms with van der Waals surface area (Å²) in [7, 11) is 0. The molecule has 2 heterocycles. The number of esters is 1. The van der Waals surface area contributed by atoms with Crippen molar-refractivity contribution in [2.75, 3.05) is 23.3 Å². The number of carbonyl (C=O) groups is 1. The first-order valence-electron chi connectivity index (χ1n) is 16.8. The third-order valence-electron chi connectivity index (χ3n) is 9.27. The Morgan fingerprint density at radius 1 is 0.711 bits per heavy atom. The zero-order valence-corrected chi connectivity index (χ0v) is 27.2. The van der Waals surface area contributed by atoms with Gasteiger partial charge in [0, 0.05) is 52.9 Å². The van der Waals surface area contributed by atoms with Gasteiger partial charge in [-0.1, -0.05) is 82.7 Å². The molecule has 234 valence electrons. The van der Waals surface area contributed by atoms with Gasteiger partial charge in [-0.3, -0.25) is 0 Å². The van der Waals surface area contributed by atoms with Gasteiger partial charge >= 0.3 is 5.97 Å². The molecule has 1 unspecified atom stereocenters. The van der Waals surface area contributed by atoms with Crippen LogP contribution in [0.15, 0.2) is 78.9 Å². The van der Waals surface area contributed by atoms with Gasteiger partial charge in [0.25, 0.3) is 0 Å². The number of carbonyl (C=O) groups excluding carboxylic acids is 1. The van der Waals surface area contributed by atoms with E-state index in [1.54, 1.807) is 0 Å². The van der Waals surface area contributed by atoms with Crippen molar-refractivity contribution in [1.29, 1.82) is 0 Å². The molecule has 5 nitrogen and oxygen atoms in total. The summed E-state index contributed by atoms with van der Waals surface area (Å²) < 4.78 is 13.2. The molecule has 1 atom stereocenters. The summed E-state index contributed by atoms with van der Waals surface area (Å²) in [6.07, 6.45) is 9.84. The summed E-state index contributed by atoms with van der Waals surface area (Å²) in [6, 6.07) is 26.8. The van der Waals surface area contributed by atoms with Crippen LogP contribution in [0.1, 0.15) is 103 Å². The van der Waals surface area contributed by atoms with E-state index in [1.165, 1.54) is 50.5 Å². The van der Waals surface area contributed by atoms with E-state index in [4.69, 9.17) is 9.47 Å². The van der Waals surface area contributed by atoms with Gasteiger partial charge in [-0.25, -0.2) is 4.79 Å². The highest BCUT2D eigenvalue weighted by atomic mass is 16.6. The van der Waals surface area contributed by atoms with Gasteiger partial charge in [0.1, 0.15) is 11.5 Å². The first kappa shape index (κ1) is 30.8. The van der Waals surface area contributed by atoms with Crippen LogP contribution in [0.3, 0.4) is 0 Å². The Kier molecular flexibility index (Phi) is 9.16. The van der Waals surface area contributed by atoms with Crippen molar-refractivity contribution in [2.24, 2.45) is 0 Å². The molecule has 0 bridgehead atoms. The molecule has 0 aliphatic carbocycles. The molecular weight excluding hydrogens is 556 g/mol. The van der Waals surface area contributed by atoms with E-state index in [0.29, 0.717) is 11.3 Å². The average molecular weight is 603 g/mol. The van der Waals surface area contributed by atoms with E-state index < -0.39 is 5.60 Å². The Balaban J connectivity index is 1.43. The fraction of sp³-hybridized carbons (Fsp3) is 0.375. The predicted molar refractivity (Wildman–Crippen MR) is 184 cm³/mol. The summed E-state index contributed by atoms with van der Waals surface area (Å²) in [5, 5.41) is 3.61. The summed E-state index contributed by atoms with van der Waals surface area (Å²) in [5.41, 5.74) is 7.40. The van der Waals surface area contributed by atoms with Crippen molar-refractivity contribution >= 4 is 23.0 Å². The third kappa shape index (κ3) is 6.05. The zero-order chi connectivity index (χ0) is 31.4. The number of unbranched alkanes of at least 4 members (excludes halogenated alkanes) is 6. The number of ether oxygens (including phenoxy) is 2. The van der Waals surface area contributed by atoms with Crippen LogP contribution >= 0.6 is 0 Å². The minimum Gasteiger partial charge on any atom is -0.456 e. The minimum atomic E-state index is -1.10. The van der Waals surface area contributed by atoms with Crippen LogP contribution in [0.2, 0.25) is 0 Å². The summed E-state index contributed by atoms with van der Waals surface area (Å²) in [6.45, 7) is 10.7. The Hall–Kier alpha value is -4.25. The van der Waals surface area contributed by atoms with Gasteiger partial charge in [0.05, 0.1) is 5.56 Å². The molecule has 1 spiro atoms. The van der Waals surface area contributed by atoms with E-state index in [-0.39, 0.29) is 5.97 Å². The smallest absolute Gasteiger partial charge is 0.340 e. The molecular formula is C40H46N2O3.